The number of anilines is 1. The lowest BCUT2D eigenvalue weighted by atomic mass is 9.90. The molecule has 0 spiro atoms. The van der Waals surface area contributed by atoms with Gasteiger partial charge in [0.05, 0.1) is 17.2 Å². The molecule has 3 aromatic carbocycles. The number of likely N-dealkylation sites (tertiary alicyclic amines) is 1. The molecular weight excluding hydrogens is 384 g/mol. The normalized spacial score (nSPS) is 14.2. The van der Waals surface area contributed by atoms with Crippen LogP contribution in [0.25, 0.3) is 0 Å². The summed E-state index contributed by atoms with van der Waals surface area (Å²) in [5, 5.41) is 3.06. The summed E-state index contributed by atoms with van der Waals surface area (Å²) >= 11 is 0. The van der Waals surface area contributed by atoms with Crippen LogP contribution >= 0.6 is 0 Å². The van der Waals surface area contributed by atoms with Crippen molar-refractivity contribution in [3.05, 3.63) is 102 Å². The maximum atomic E-state index is 13.5. The Hall–Kier alpha value is -3.40. The molecule has 1 heterocycles. The van der Waals surface area contributed by atoms with Gasteiger partial charge >= 0.3 is 0 Å². The zero-order valence-corrected chi connectivity index (χ0v) is 17.7. The van der Waals surface area contributed by atoms with E-state index in [-0.39, 0.29) is 11.8 Å². The standard InChI is InChI=1S/C27H28N2O2/c30-26(25(21-13-5-3-6-14-21)22-15-7-4-8-16-22)28-24-18-10-9-17-23(24)27(31)29-19-11-1-2-12-20-29/h3-10,13-18,25H,1-2,11-12,19-20H2,(H,28,30). The number of hydrogen-bond acceptors (Lipinski definition) is 2. The van der Waals surface area contributed by atoms with Crippen LogP contribution in [0.5, 0.6) is 0 Å². The summed E-state index contributed by atoms with van der Waals surface area (Å²) in [6.07, 6.45) is 4.39. The van der Waals surface area contributed by atoms with Crippen LogP contribution in [0, 0.1) is 0 Å². The summed E-state index contributed by atoms with van der Waals surface area (Å²) < 4.78 is 0. The smallest absolute Gasteiger partial charge is 0.255 e. The summed E-state index contributed by atoms with van der Waals surface area (Å²) in [5.74, 6) is -0.606. The van der Waals surface area contributed by atoms with Crippen LogP contribution in [0.15, 0.2) is 84.9 Å². The molecule has 1 aliphatic heterocycles. The minimum Gasteiger partial charge on any atom is -0.339 e. The molecule has 4 rings (SSSR count). The Balaban J connectivity index is 1.62. The lowest BCUT2D eigenvalue weighted by Crippen LogP contribution is -2.33. The van der Waals surface area contributed by atoms with Gasteiger partial charge in [-0.1, -0.05) is 85.6 Å². The van der Waals surface area contributed by atoms with Crippen molar-refractivity contribution >= 4 is 17.5 Å². The second-order valence-corrected chi connectivity index (χ2v) is 8.00. The predicted molar refractivity (Wildman–Crippen MR) is 124 cm³/mol. The lowest BCUT2D eigenvalue weighted by Gasteiger charge is -2.23. The first-order chi connectivity index (χ1) is 15.2. The van der Waals surface area contributed by atoms with Gasteiger partial charge in [-0.25, -0.2) is 0 Å². The van der Waals surface area contributed by atoms with Crippen molar-refractivity contribution in [2.75, 3.05) is 18.4 Å². The van der Waals surface area contributed by atoms with E-state index in [2.05, 4.69) is 5.32 Å². The summed E-state index contributed by atoms with van der Waals surface area (Å²) in [6.45, 7) is 1.55. The predicted octanol–water partition coefficient (Wildman–Crippen LogP) is 5.47. The van der Waals surface area contributed by atoms with Crippen molar-refractivity contribution < 1.29 is 9.59 Å². The van der Waals surface area contributed by atoms with Crippen molar-refractivity contribution in [2.24, 2.45) is 0 Å². The Bertz CT molecular complexity index is 970. The van der Waals surface area contributed by atoms with E-state index in [1.807, 2.05) is 89.8 Å². The van der Waals surface area contributed by atoms with E-state index < -0.39 is 5.92 Å². The molecule has 1 saturated heterocycles. The first-order valence-corrected chi connectivity index (χ1v) is 11.0. The Labute approximate surface area is 183 Å². The number of carbonyl (C=O) groups is 2. The molecule has 3 aromatic rings. The monoisotopic (exact) mass is 412 g/mol. The van der Waals surface area contributed by atoms with Crippen LogP contribution in [0.4, 0.5) is 5.69 Å². The first kappa shape index (κ1) is 20.9. The minimum atomic E-state index is -0.455. The fourth-order valence-corrected chi connectivity index (χ4v) is 4.21. The van der Waals surface area contributed by atoms with Crippen molar-refractivity contribution in [3.8, 4) is 0 Å². The highest BCUT2D eigenvalue weighted by molar-refractivity contribution is 6.05. The number of para-hydroxylation sites is 1. The van der Waals surface area contributed by atoms with Gasteiger partial charge in [-0.3, -0.25) is 9.59 Å². The zero-order chi connectivity index (χ0) is 21.5. The zero-order valence-electron chi connectivity index (χ0n) is 17.7. The number of carbonyl (C=O) groups excluding carboxylic acids is 2. The second-order valence-electron chi connectivity index (χ2n) is 8.00. The quantitative estimate of drug-likeness (QED) is 0.604. The van der Waals surface area contributed by atoms with Gasteiger partial charge in [0.2, 0.25) is 5.91 Å². The Morgan fingerprint density at radius 1 is 0.677 bits per heavy atom. The van der Waals surface area contributed by atoms with Crippen molar-refractivity contribution in [1.82, 2.24) is 4.90 Å². The molecule has 4 nitrogen and oxygen atoms in total. The fraction of sp³-hybridized carbons (Fsp3) is 0.259. The van der Waals surface area contributed by atoms with Gasteiger partial charge in [0.15, 0.2) is 0 Å². The summed E-state index contributed by atoms with van der Waals surface area (Å²) in [7, 11) is 0. The first-order valence-electron chi connectivity index (χ1n) is 11.0. The molecule has 2 amide bonds. The Morgan fingerprint density at radius 2 is 1.19 bits per heavy atom. The van der Waals surface area contributed by atoms with Gasteiger partial charge in [-0.05, 0) is 36.1 Å². The third-order valence-electron chi connectivity index (χ3n) is 5.84. The molecule has 0 radical (unpaired) electrons. The molecule has 1 N–H and O–H groups in total. The highest BCUT2D eigenvalue weighted by atomic mass is 16.2. The molecule has 31 heavy (non-hydrogen) atoms. The van der Waals surface area contributed by atoms with Gasteiger partial charge in [0, 0.05) is 13.1 Å². The van der Waals surface area contributed by atoms with E-state index in [1.54, 1.807) is 0 Å². The summed E-state index contributed by atoms with van der Waals surface area (Å²) in [4.78, 5) is 28.6. The molecular formula is C27H28N2O2. The summed E-state index contributed by atoms with van der Waals surface area (Å²) in [5.41, 5.74) is 2.96. The molecule has 0 aliphatic carbocycles. The third-order valence-corrected chi connectivity index (χ3v) is 5.84. The summed E-state index contributed by atoms with van der Waals surface area (Å²) in [6, 6.07) is 26.8. The molecule has 4 heteroatoms. The number of rotatable bonds is 5. The van der Waals surface area contributed by atoms with Gasteiger partial charge in [-0.2, -0.15) is 0 Å². The molecule has 158 valence electrons. The number of nitrogens with one attached hydrogen (secondary N) is 1. The number of nitrogens with zero attached hydrogens (tertiary/aromatic N) is 1. The van der Waals surface area contributed by atoms with Crippen molar-refractivity contribution in [3.63, 3.8) is 0 Å². The van der Waals surface area contributed by atoms with Crippen LogP contribution in [0.1, 0.15) is 53.1 Å². The van der Waals surface area contributed by atoms with E-state index in [1.165, 1.54) is 0 Å². The van der Waals surface area contributed by atoms with E-state index in [0.29, 0.717) is 11.3 Å². The molecule has 1 aliphatic rings. The fourth-order valence-electron chi connectivity index (χ4n) is 4.21. The highest BCUT2D eigenvalue weighted by Gasteiger charge is 2.25. The van der Waals surface area contributed by atoms with Crippen LogP contribution in [0.3, 0.4) is 0 Å². The topological polar surface area (TPSA) is 49.4 Å². The lowest BCUT2D eigenvalue weighted by molar-refractivity contribution is -0.116. The van der Waals surface area contributed by atoms with E-state index in [9.17, 15) is 9.59 Å². The van der Waals surface area contributed by atoms with E-state index >= 15 is 0 Å². The van der Waals surface area contributed by atoms with Gasteiger partial charge in [0.1, 0.15) is 0 Å². The SMILES string of the molecule is O=C(Nc1ccccc1C(=O)N1CCCCCC1)C(c1ccccc1)c1ccccc1. The minimum absolute atomic E-state index is 0.00577. The third kappa shape index (κ3) is 5.02. The molecule has 0 aromatic heterocycles. The Morgan fingerprint density at radius 3 is 1.77 bits per heavy atom. The second kappa shape index (κ2) is 10.1. The van der Waals surface area contributed by atoms with Gasteiger partial charge in [-0.15, -0.1) is 0 Å². The number of benzene rings is 3. The molecule has 0 unspecified atom stereocenters. The van der Waals surface area contributed by atoms with Gasteiger partial charge in [0.25, 0.3) is 5.91 Å². The van der Waals surface area contributed by atoms with Crippen molar-refractivity contribution in [1.29, 1.82) is 0 Å². The molecule has 1 fully saturated rings. The van der Waals surface area contributed by atoms with Crippen LogP contribution in [-0.2, 0) is 4.79 Å². The van der Waals surface area contributed by atoms with E-state index in [4.69, 9.17) is 0 Å². The molecule has 0 saturated carbocycles. The molecule has 0 bridgehead atoms. The Kier molecular flexibility index (Phi) is 6.78. The maximum Gasteiger partial charge on any atom is 0.255 e. The average molecular weight is 413 g/mol. The molecule has 0 atom stereocenters. The number of amides is 2. The van der Waals surface area contributed by atoms with Crippen molar-refractivity contribution in [2.45, 2.75) is 31.6 Å². The largest absolute Gasteiger partial charge is 0.339 e. The van der Waals surface area contributed by atoms with Crippen LogP contribution in [-0.4, -0.2) is 29.8 Å². The number of hydrogen-bond donors (Lipinski definition) is 1. The van der Waals surface area contributed by atoms with E-state index in [0.717, 1.165) is 49.9 Å². The highest BCUT2D eigenvalue weighted by Crippen LogP contribution is 2.28. The van der Waals surface area contributed by atoms with Crippen LogP contribution < -0.4 is 5.32 Å². The van der Waals surface area contributed by atoms with Gasteiger partial charge < -0.3 is 10.2 Å². The van der Waals surface area contributed by atoms with Crippen LogP contribution in [0.2, 0.25) is 0 Å². The average Bonchev–Trinajstić information content (AvgIpc) is 3.10. The maximum absolute atomic E-state index is 13.5.